The summed E-state index contributed by atoms with van der Waals surface area (Å²) in [7, 11) is 0. The lowest BCUT2D eigenvalue weighted by atomic mass is 10.1. The minimum absolute atomic E-state index is 0.0161. The maximum absolute atomic E-state index is 11.8. The maximum atomic E-state index is 11.8. The molecule has 0 bridgehead atoms. The van der Waals surface area contributed by atoms with E-state index in [0.717, 1.165) is 5.56 Å². The summed E-state index contributed by atoms with van der Waals surface area (Å²) in [5.41, 5.74) is 6.57. The zero-order chi connectivity index (χ0) is 18.2. The molecule has 7 nitrogen and oxygen atoms in total. The molecule has 0 aliphatic carbocycles. The highest BCUT2D eigenvalue weighted by Gasteiger charge is 2.20. The van der Waals surface area contributed by atoms with Gasteiger partial charge in [0, 0.05) is 0 Å². The summed E-state index contributed by atoms with van der Waals surface area (Å²) in [5.74, 6) is -2.67. The average molecular weight is 342 g/mol. The van der Waals surface area contributed by atoms with Crippen molar-refractivity contribution in [2.45, 2.75) is 12.5 Å². The number of aromatic hydroxyl groups is 1. The standard InChI is InChI=1S/C18H18N2O5/c19-14(10-12-6-2-1-3-7-12)18(24)25-16(22)11-20-17(23)13-8-4-5-9-15(13)21/h1-9,14,21H,10-11,19H2,(H,20,23)/t14-/m0/s1. The van der Waals surface area contributed by atoms with Crippen molar-refractivity contribution in [2.24, 2.45) is 5.73 Å². The first-order valence-electron chi connectivity index (χ1n) is 7.57. The zero-order valence-electron chi connectivity index (χ0n) is 13.3. The lowest BCUT2D eigenvalue weighted by Crippen LogP contribution is -2.38. The Morgan fingerprint density at radius 3 is 2.36 bits per heavy atom. The molecule has 0 spiro atoms. The quantitative estimate of drug-likeness (QED) is 0.527. The van der Waals surface area contributed by atoms with Crippen LogP contribution in [0.2, 0.25) is 0 Å². The Bertz CT molecular complexity index is 761. The molecule has 2 rings (SSSR count). The van der Waals surface area contributed by atoms with Crippen LogP contribution in [0.3, 0.4) is 0 Å². The van der Waals surface area contributed by atoms with E-state index in [0.29, 0.717) is 0 Å². The Labute approximate surface area is 144 Å². The third-order valence-corrected chi connectivity index (χ3v) is 3.36. The van der Waals surface area contributed by atoms with Gasteiger partial charge in [0.2, 0.25) is 0 Å². The summed E-state index contributed by atoms with van der Waals surface area (Å²) < 4.78 is 4.62. The topological polar surface area (TPSA) is 119 Å². The second-order valence-corrected chi connectivity index (χ2v) is 5.29. The molecule has 0 aliphatic heterocycles. The molecule has 1 amide bonds. The molecule has 0 fully saturated rings. The Morgan fingerprint density at radius 1 is 1.04 bits per heavy atom. The molecule has 0 saturated carbocycles. The molecule has 0 heterocycles. The van der Waals surface area contributed by atoms with Crippen LogP contribution in [0.4, 0.5) is 0 Å². The van der Waals surface area contributed by atoms with Crippen LogP contribution in [0, 0.1) is 0 Å². The summed E-state index contributed by atoms with van der Waals surface area (Å²) in [6.45, 7) is -0.517. The van der Waals surface area contributed by atoms with E-state index in [9.17, 15) is 19.5 Å². The number of rotatable bonds is 6. The van der Waals surface area contributed by atoms with Crippen molar-refractivity contribution in [3.8, 4) is 5.75 Å². The normalized spacial score (nSPS) is 11.4. The van der Waals surface area contributed by atoms with Crippen LogP contribution in [0.1, 0.15) is 15.9 Å². The van der Waals surface area contributed by atoms with Crippen molar-refractivity contribution in [3.05, 3.63) is 65.7 Å². The van der Waals surface area contributed by atoms with Crippen LogP contribution in [0.25, 0.3) is 0 Å². The van der Waals surface area contributed by atoms with Gasteiger partial charge in [0.25, 0.3) is 5.91 Å². The first-order valence-corrected chi connectivity index (χ1v) is 7.57. The SMILES string of the molecule is N[C@@H](Cc1ccccc1)C(=O)OC(=O)CNC(=O)c1ccccc1O. The Morgan fingerprint density at radius 2 is 1.68 bits per heavy atom. The van der Waals surface area contributed by atoms with E-state index >= 15 is 0 Å². The molecule has 0 saturated heterocycles. The van der Waals surface area contributed by atoms with E-state index in [1.54, 1.807) is 12.1 Å². The van der Waals surface area contributed by atoms with E-state index in [1.165, 1.54) is 12.1 Å². The molecule has 130 valence electrons. The Kier molecular flexibility index (Phi) is 6.25. The zero-order valence-corrected chi connectivity index (χ0v) is 13.3. The average Bonchev–Trinajstić information content (AvgIpc) is 2.61. The van der Waals surface area contributed by atoms with Gasteiger partial charge in [-0.25, -0.2) is 9.59 Å². The van der Waals surface area contributed by atoms with Gasteiger partial charge in [-0.3, -0.25) is 4.79 Å². The highest BCUT2D eigenvalue weighted by Crippen LogP contribution is 2.14. The monoisotopic (exact) mass is 342 g/mol. The van der Waals surface area contributed by atoms with Crippen LogP contribution in [-0.2, 0) is 20.7 Å². The smallest absolute Gasteiger partial charge is 0.333 e. The lowest BCUT2D eigenvalue weighted by Gasteiger charge is -2.11. The molecule has 0 radical (unpaired) electrons. The lowest BCUT2D eigenvalue weighted by molar-refractivity contribution is -0.159. The van der Waals surface area contributed by atoms with Crippen molar-refractivity contribution in [2.75, 3.05) is 6.54 Å². The van der Waals surface area contributed by atoms with Gasteiger partial charge in [-0.1, -0.05) is 42.5 Å². The van der Waals surface area contributed by atoms with Gasteiger partial charge in [0.1, 0.15) is 18.3 Å². The van der Waals surface area contributed by atoms with E-state index < -0.39 is 30.4 Å². The Balaban J connectivity index is 1.80. The van der Waals surface area contributed by atoms with Gasteiger partial charge in [0.05, 0.1) is 5.56 Å². The Hall–Kier alpha value is -3.19. The maximum Gasteiger partial charge on any atom is 0.333 e. The van der Waals surface area contributed by atoms with Crippen LogP contribution < -0.4 is 11.1 Å². The number of nitrogens with one attached hydrogen (secondary N) is 1. The number of phenols is 1. The number of amides is 1. The first-order chi connectivity index (χ1) is 12.0. The number of ether oxygens (including phenoxy) is 1. The fraction of sp³-hybridized carbons (Fsp3) is 0.167. The summed E-state index contributed by atoms with van der Waals surface area (Å²) in [6, 6.07) is 14.0. The number of para-hydroxylation sites is 1. The van der Waals surface area contributed by atoms with Gasteiger partial charge in [-0.15, -0.1) is 0 Å². The molecular weight excluding hydrogens is 324 g/mol. The second kappa shape index (κ2) is 8.60. The molecule has 2 aromatic carbocycles. The molecular formula is C18H18N2O5. The number of esters is 2. The molecule has 2 aromatic rings. The van der Waals surface area contributed by atoms with Gasteiger partial charge >= 0.3 is 11.9 Å². The summed E-state index contributed by atoms with van der Waals surface area (Å²) >= 11 is 0. The number of nitrogens with two attached hydrogens (primary N) is 1. The molecule has 1 atom stereocenters. The van der Waals surface area contributed by atoms with E-state index in [-0.39, 0.29) is 17.7 Å². The van der Waals surface area contributed by atoms with Gasteiger partial charge in [0.15, 0.2) is 0 Å². The first kappa shape index (κ1) is 18.2. The second-order valence-electron chi connectivity index (χ2n) is 5.29. The van der Waals surface area contributed by atoms with E-state index in [4.69, 9.17) is 5.73 Å². The molecule has 7 heteroatoms. The highest BCUT2D eigenvalue weighted by atomic mass is 16.6. The van der Waals surface area contributed by atoms with Crippen molar-refractivity contribution < 1.29 is 24.2 Å². The third kappa shape index (κ3) is 5.43. The highest BCUT2D eigenvalue weighted by molar-refractivity contribution is 5.99. The molecule has 0 unspecified atom stereocenters. The molecule has 25 heavy (non-hydrogen) atoms. The molecule has 4 N–H and O–H groups in total. The predicted molar refractivity (Wildman–Crippen MR) is 89.7 cm³/mol. The largest absolute Gasteiger partial charge is 0.507 e. The molecule has 0 aliphatic rings. The van der Waals surface area contributed by atoms with Crippen LogP contribution >= 0.6 is 0 Å². The van der Waals surface area contributed by atoms with E-state index in [2.05, 4.69) is 10.1 Å². The van der Waals surface area contributed by atoms with Crippen molar-refractivity contribution in [1.82, 2.24) is 5.32 Å². The summed E-state index contributed by atoms with van der Waals surface area (Å²) in [5, 5.41) is 11.8. The number of benzene rings is 2. The summed E-state index contributed by atoms with van der Waals surface area (Å²) in [4.78, 5) is 35.3. The third-order valence-electron chi connectivity index (χ3n) is 3.36. The predicted octanol–water partition coefficient (Wildman–Crippen LogP) is 0.762. The van der Waals surface area contributed by atoms with Crippen LogP contribution in [0.5, 0.6) is 5.75 Å². The fourth-order valence-electron chi connectivity index (χ4n) is 2.09. The molecule has 0 aromatic heterocycles. The van der Waals surface area contributed by atoms with Gasteiger partial charge in [-0.2, -0.15) is 0 Å². The van der Waals surface area contributed by atoms with Gasteiger partial charge < -0.3 is 20.9 Å². The number of phenolic OH excluding ortho intramolecular Hbond substituents is 1. The number of hydrogen-bond donors (Lipinski definition) is 3. The van der Waals surface area contributed by atoms with E-state index in [1.807, 2.05) is 30.3 Å². The fourth-order valence-corrected chi connectivity index (χ4v) is 2.09. The van der Waals surface area contributed by atoms with Gasteiger partial charge in [-0.05, 0) is 24.1 Å². The number of carbonyl (C=O) groups is 3. The number of carbonyl (C=O) groups excluding carboxylic acids is 3. The van der Waals surface area contributed by atoms with Crippen LogP contribution in [-0.4, -0.2) is 35.5 Å². The van der Waals surface area contributed by atoms with Crippen molar-refractivity contribution >= 4 is 17.8 Å². The minimum atomic E-state index is -0.986. The minimum Gasteiger partial charge on any atom is -0.507 e. The van der Waals surface area contributed by atoms with Crippen molar-refractivity contribution in [1.29, 1.82) is 0 Å². The van der Waals surface area contributed by atoms with Crippen LogP contribution in [0.15, 0.2) is 54.6 Å². The number of hydrogen-bond acceptors (Lipinski definition) is 6. The van der Waals surface area contributed by atoms with Crippen molar-refractivity contribution in [3.63, 3.8) is 0 Å². The summed E-state index contributed by atoms with van der Waals surface area (Å²) in [6.07, 6.45) is 0.233.